The maximum Gasteiger partial charge on any atom is 0.321 e. The van der Waals surface area contributed by atoms with Crippen molar-refractivity contribution in [3.63, 3.8) is 0 Å². The van der Waals surface area contributed by atoms with Crippen LogP contribution in [0.3, 0.4) is 0 Å². The van der Waals surface area contributed by atoms with Gasteiger partial charge in [-0.1, -0.05) is 22.0 Å². The predicted molar refractivity (Wildman–Crippen MR) is 102 cm³/mol. The number of halogens is 1. The van der Waals surface area contributed by atoms with Crippen molar-refractivity contribution in [3.8, 4) is 0 Å². The Bertz CT molecular complexity index is 638. The summed E-state index contributed by atoms with van der Waals surface area (Å²) in [6, 6.07) is 5.77. The topological polar surface area (TPSA) is 55.9 Å². The minimum atomic E-state index is -0.0771. The molecular weight excluding hydrogens is 384 g/mol. The second kappa shape index (κ2) is 8.19. The molecule has 3 rings (SSSR count). The summed E-state index contributed by atoms with van der Waals surface area (Å²) < 4.78 is 0.943. The normalized spacial score (nSPS) is 18.5. The van der Waals surface area contributed by atoms with Gasteiger partial charge in [0.1, 0.15) is 0 Å². The molecule has 0 radical (unpaired) electrons. The Balaban J connectivity index is 1.47. The van der Waals surface area contributed by atoms with Crippen molar-refractivity contribution in [2.45, 2.75) is 19.8 Å². The molecule has 0 atom stereocenters. The summed E-state index contributed by atoms with van der Waals surface area (Å²) in [4.78, 5) is 30.6. The van der Waals surface area contributed by atoms with Crippen LogP contribution in [0.25, 0.3) is 0 Å². The molecule has 7 heteroatoms. The third-order valence-electron chi connectivity index (χ3n) is 4.92. The van der Waals surface area contributed by atoms with Crippen molar-refractivity contribution in [1.82, 2.24) is 14.7 Å². The molecule has 0 bridgehead atoms. The highest BCUT2D eigenvalue weighted by Gasteiger charge is 2.25. The SMILES string of the molecule is Cc1ccc(Br)cc1NC(=O)N1CCN(CC(=O)N2CCCC2)CC1. The van der Waals surface area contributed by atoms with Gasteiger partial charge in [0.05, 0.1) is 6.54 Å². The first-order valence-electron chi connectivity index (χ1n) is 8.85. The van der Waals surface area contributed by atoms with E-state index in [9.17, 15) is 9.59 Å². The largest absolute Gasteiger partial charge is 0.342 e. The van der Waals surface area contributed by atoms with E-state index < -0.39 is 0 Å². The first-order chi connectivity index (χ1) is 12.0. The van der Waals surface area contributed by atoms with Gasteiger partial charge in [-0.05, 0) is 37.5 Å². The van der Waals surface area contributed by atoms with Crippen LogP contribution in [0.2, 0.25) is 0 Å². The molecule has 25 heavy (non-hydrogen) atoms. The Kier molecular flexibility index (Phi) is 5.96. The lowest BCUT2D eigenvalue weighted by Crippen LogP contribution is -2.52. The number of urea groups is 1. The molecule has 2 saturated heterocycles. The van der Waals surface area contributed by atoms with E-state index in [1.54, 1.807) is 0 Å². The van der Waals surface area contributed by atoms with Crippen molar-refractivity contribution in [2.75, 3.05) is 51.1 Å². The fraction of sp³-hybridized carbons (Fsp3) is 0.556. The molecule has 2 aliphatic rings. The summed E-state index contributed by atoms with van der Waals surface area (Å²) in [5.41, 5.74) is 1.86. The molecule has 1 N–H and O–H groups in total. The highest BCUT2D eigenvalue weighted by molar-refractivity contribution is 9.10. The molecule has 0 aromatic heterocycles. The predicted octanol–water partition coefficient (Wildman–Crippen LogP) is 2.53. The van der Waals surface area contributed by atoms with Gasteiger partial charge < -0.3 is 15.1 Å². The van der Waals surface area contributed by atoms with Crippen LogP contribution in [-0.2, 0) is 4.79 Å². The number of nitrogens with one attached hydrogen (secondary N) is 1. The van der Waals surface area contributed by atoms with E-state index in [0.717, 1.165) is 54.7 Å². The first kappa shape index (κ1) is 18.2. The Labute approximate surface area is 157 Å². The van der Waals surface area contributed by atoms with Crippen molar-refractivity contribution in [1.29, 1.82) is 0 Å². The number of rotatable bonds is 3. The molecule has 0 spiro atoms. The number of amides is 3. The lowest BCUT2D eigenvalue weighted by Gasteiger charge is -2.35. The number of nitrogens with zero attached hydrogens (tertiary/aromatic N) is 3. The zero-order chi connectivity index (χ0) is 17.8. The molecule has 1 aromatic carbocycles. The molecule has 136 valence electrons. The summed E-state index contributed by atoms with van der Waals surface area (Å²) in [6.07, 6.45) is 2.24. The first-order valence-corrected chi connectivity index (χ1v) is 9.64. The fourth-order valence-corrected chi connectivity index (χ4v) is 3.65. The number of carbonyl (C=O) groups is 2. The van der Waals surface area contributed by atoms with Crippen molar-refractivity contribution < 1.29 is 9.59 Å². The molecule has 2 heterocycles. The summed E-state index contributed by atoms with van der Waals surface area (Å²) in [5.74, 6) is 0.222. The maximum atomic E-state index is 12.5. The van der Waals surface area contributed by atoms with Crippen molar-refractivity contribution in [2.24, 2.45) is 0 Å². The molecule has 1 aromatic rings. The summed E-state index contributed by atoms with van der Waals surface area (Å²) >= 11 is 3.43. The van der Waals surface area contributed by atoms with E-state index in [2.05, 4.69) is 26.1 Å². The van der Waals surface area contributed by atoms with Crippen LogP contribution in [0, 0.1) is 6.92 Å². The van der Waals surface area contributed by atoms with E-state index >= 15 is 0 Å². The van der Waals surface area contributed by atoms with Gasteiger partial charge in [0, 0.05) is 49.4 Å². The van der Waals surface area contributed by atoms with Gasteiger partial charge in [-0.2, -0.15) is 0 Å². The van der Waals surface area contributed by atoms with E-state index in [4.69, 9.17) is 0 Å². The summed E-state index contributed by atoms with van der Waals surface area (Å²) in [7, 11) is 0. The van der Waals surface area contributed by atoms with E-state index in [0.29, 0.717) is 19.6 Å². The average Bonchev–Trinajstić information content (AvgIpc) is 3.13. The minimum absolute atomic E-state index is 0.0771. The van der Waals surface area contributed by atoms with Crippen molar-refractivity contribution >= 4 is 33.6 Å². The second-order valence-corrected chi connectivity index (χ2v) is 7.66. The van der Waals surface area contributed by atoms with Crippen LogP contribution in [0.5, 0.6) is 0 Å². The third kappa shape index (κ3) is 4.73. The number of aryl methyl sites for hydroxylation is 1. The second-order valence-electron chi connectivity index (χ2n) is 6.74. The van der Waals surface area contributed by atoms with Crippen LogP contribution in [0.15, 0.2) is 22.7 Å². The maximum absolute atomic E-state index is 12.5. The molecule has 6 nitrogen and oxygen atoms in total. The van der Waals surface area contributed by atoms with E-state index in [1.165, 1.54) is 0 Å². The van der Waals surface area contributed by atoms with Gasteiger partial charge in [0.15, 0.2) is 0 Å². The zero-order valence-electron chi connectivity index (χ0n) is 14.6. The summed E-state index contributed by atoms with van der Waals surface area (Å²) in [5, 5.41) is 2.98. The number of carbonyl (C=O) groups excluding carboxylic acids is 2. The highest BCUT2D eigenvalue weighted by atomic mass is 79.9. The van der Waals surface area contributed by atoms with Crippen molar-refractivity contribution in [3.05, 3.63) is 28.2 Å². The molecule has 3 amide bonds. The van der Waals surface area contributed by atoms with Gasteiger partial charge in [-0.15, -0.1) is 0 Å². The number of hydrogen-bond acceptors (Lipinski definition) is 3. The molecule has 0 unspecified atom stereocenters. The highest BCUT2D eigenvalue weighted by Crippen LogP contribution is 2.21. The van der Waals surface area contributed by atoms with Crippen LogP contribution in [0.1, 0.15) is 18.4 Å². The van der Waals surface area contributed by atoms with Gasteiger partial charge in [0.2, 0.25) is 5.91 Å². The number of likely N-dealkylation sites (tertiary alicyclic amines) is 1. The molecule has 0 aliphatic carbocycles. The monoisotopic (exact) mass is 408 g/mol. The number of anilines is 1. The van der Waals surface area contributed by atoms with Gasteiger partial charge in [0.25, 0.3) is 0 Å². The molecular formula is C18H25BrN4O2. The van der Waals surface area contributed by atoms with Gasteiger partial charge in [-0.3, -0.25) is 9.69 Å². The van der Waals surface area contributed by atoms with Crippen LogP contribution in [0.4, 0.5) is 10.5 Å². The fourth-order valence-electron chi connectivity index (χ4n) is 3.29. The third-order valence-corrected chi connectivity index (χ3v) is 5.41. The Morgan fingerprint density at radius 3 is 2.40 bits per heavy atom. The molecule has 2 aliphatic heterocycles. The smallest absolute Gasteiger partial charge is 0.321 e. The number of benzene rings is 1. The van der Waals surface area contributed by atoms with E-state index in [1.807, 2.05) is 34.9 Å². The number of piperazine rings is 1. The van der Waals surface area contributed by atoms with Crippen LogP contribution < -0.4 is 5.32 Å². The van der Waals surface area contributed by atoms with Crippen LogP contribution >= 0.6 is 15.9 Å². The lowest BCUT2D eigenvalue weighted by atomic mass is 10.2. The average molecular weight is 409 g/mol. The Morgan fingerprint density at radius 1 is 1.04 bits per heavy atom. The lowest BCUT2D eigenvalue weighted by molar-refractivity contribution is -0.131. The minimum Gasteiger partial charge on any atom is -0.342 e. The Hall–Kier alpha value is -1.60. The quantitative estimate of drug-likeness (QED) is 0.835. The standard InChI is InChI=1S/C18H25BrN4O2/c1-14-4-5-15(19)12-16(14)20-18(25)23-10-8-21(9-11-23)13-17(24)22-6-2-3-7-22/h4-5,12H,2-3,6-11,13H2,1H3,(H,20,25). The van der Waals surface area contributed by atoms with E-state index in [-0.39, 0.29) is 11.9 Å². The molecule has 2 fully saturated rings. The summed E-state index contributed by atoms with van der Waals surface area (Å²) in [6.45, 7) is 7.01. The van der Waals surface area contributed by atoms with Crippen LogP contribution in [-0.4, -0.2) is 72.5 Å². The Morgan fingerprint density at radius 2 is 1.72 bits per heavy atom. The van der Waals surface area contributed by atoms with Gasteiger partial charge >= 0.3 is 6.03 Å². The zero-order valence-corrected chi connectivity index (χ0v) is 16.2. The molecule has 0 saturated carbocycles. The van der Waals surface area contributed by atoms with Gasteiger partial charge in [-0.25, -0.2) is 4.79 Å². The number of hydrogen-bond donors (Lipinski definition) is 1.